The molecule has 6 heterocycles. The van der Waals surface area contributed by atoms with E-state index in [1.165, 1.54) is 6.20 Å². The minimum Gasteiger partial charge on any atom is -0.418 e. The van der Waals surface area contributed by atoms with Crippen LogP contribution in [0, 0.1) is 6.92 Å². The summed E-state index contributed by atoms with van der Waals surface area (Å²) in [6.45, 7) is 4.42. The van der Waals surface area contributed by atoms with E-state index in [0.29, 0.717) is 72.0 Å². The van der Waals surface area contributed by atoms with E-state index in [1.807, 2.05) is 42.2 Å². The maximum absolute atomic E-state index is 14.1. The number of aromatic nitrogens is 5. The van der Waals surface area contributed by atoms with E-state index in [-0.39, 0.29) is 6.10 Å². The van der Waals surface area contributed by atoms with Gasteiger partial charge in [-0.1, -0.05) is 24.3 Å². The van der Waals surface area contributed by atoms with Gasteiger partial charge < -0.3 is 14.4 Å². The molecular formula is C35H29F2N7O3. The number of rotatable bonds is 7. The second kappa shape index (κ2) is 11.6. The van der Waals surface area contributed by atoms with Crippen LogP contribution in [-0.4, -0.2) is 67.0 Å². The zero-order valence-corrected chi connectivity index (χ0v) is 25.4. The van der Waals surface area contributed by atoms with Gasteiger partial charge in [-0.15, -0.1) is 0 Å². The van der Waals surface area contributed by atoms with Crippen LogP contribution in [0.5, 0.6) is 0 Å². The van der Waals surface area contributed by atoms with Crippen LogP contribution in [0.4, 0.5) is 20.3 Å². The van der Waals surface area contributed by atoms with Crippen LogP contribution in [0.2, 0.25) is 0 Å². The molecular weight excluding hydrogens is 604 g/mol. The average Bonchev–Trinajstić information content (AvgIpc) is 3.82. The van der Waals surface area contributed by atoms with Gasteiger partial charge >= 0.3 is 0 Å². The topological polar surface area (TPSA) is 121 Å². The van der Waals surface area contributed by atoms with Gasteiger partial charge in [-0.3, -0.25) is 14.7 Å². The molecule has 0 spiro atoms. The molecule has 12 heteroatoms. The lowest BCUT2D eigenvalue weighted by atomic mass is 9.92. The number of β-amino-alcohol motifs (C(OH)–C–C–N with tert-alkyl or cyclic N) is 1. The van der Waals surface area contributed by atoms with Crippen molar-refractivity contribution >= 4 is 40.1 Å². The van der Waals surface area contributed by atoms with Crippen molar-refractivity contribution in [3.63, 3.8) is 0 Å². The van der Waals surface area contributed by atoms with Crippen molar-refractivity contribution in [3.05, 3.63) is 89.0 Å². The third-order valence-corrected chi connectivity index (χ3v) is 8.98. The number of benzene rings is 2. The number of pyridine rings is 2. The van der Waals surface area contributed by atoms with Crippen molar-refractivity contribution < 1.29 is 23.1 Å². The Bertz CT molecular complexity index is 2190. The second-order valence-electron chi connectivity index (χ2n) is 12.0. The number of nitrogens with zero attached hydrogens (tertiary/aromatic N) is 7. The first kappa shape index (κ1) is 29.2. The Hall–Kier alpha value is -5.20. The third kappa shape index (κ3) is 5.19. The summed E-state index contributed by atoms with van der Waals surface area (Å²) in [6.07, 6.45) is 2.09. The summed E-state index contributed by atoms with van der Waals surface area (Å²) in [7, 11) is 0. The number of aldehydes is 1. The van der Waals surface area contributed by atoms with Crippen molar-refractivity contribution in [2.24, 2.45) is 0 Å². The highest BCUT2D eigenvalue weighted by Gasteiger charge is 2.29. The molecule has 0 aliphatic carbocycles. The SMILES string of the molecule is Cc1c(-c2nc3cc(C=O)cnc3o2)cccc1-c1cccc2c1CCN2c1nc(C(F)F)nc2cc(CN3CC[C@@H](O)C3)cnc12. The van der Waals surface area contributed by atoms with Gasteiger partial charge in [0, 0.05) is 55.4 Å². The smallest absolute Gasteiger partial charge is 0.297 e. The number of hydrogen-bond donors (Lipinski definition) is 1. The minimum atomic E-state index is -2.85. The van der Waals surface area contributed by atoms with E-state index in [4.69, 9.17) is 4.42 Å². The molecule has 2 aliphatic heterocycles. The summed E-state index contributed by atoms with van der Waals surface area (Å²) in [5.74, 6) is 0.218. The fraction of sp³-hybridized carbons (Fsp3) is 0.257. The maximum atomic E-state index is 14.1. The van der Waals surface area contributed by atoms with Gasteiger partial charge in [0.25, 0.3) is 6.43 Å². The monoisotopic (exact) mass is 633 g/mol. The van der Waals surface area contributed by atoms with Crippen LogP contribution >= 0.6 is 0 Å². The normalized spacial score (nSPS) is 16.5. The second-order valence-corrected chi connectivity index (χ2v) is 12.0. The zero-order chi connectivity index (χ0) is 32.2. The number of oxazole rings is 1. The van der Waals surface area contributed by atoms with Crippen molar-refractivity contribution in [1.82, 2.24) is 29.8 Å². The summed E-state index contributed by atoms with van der Waals surface area (Å²) >= 11 is 0. The van der Waals surface area contributed by atoms with Crippen molar-refractivity contribution in [3.8, 4) is 22.6 Å². The number of carbonyl (C=O) groups is 1. The molecule has 4 aromatic heterocycles. The number of halogens is 2. The molecule has 1 fully saturated rings. The Kier molecular flexibility index (Phi) is 7.18. The maximum Gasteiger partial charge on any atom is 0.297 e. The number of hydrogen-bond acceptors (Lipinski definition) is 10. The van der Waals surface area contributed by atoms with Crippen molar-refractivity contribution in [1.29, 1.82) is 0 Å². The summed E-state index contributed by atoms with van der Waals surface area (Å²) in [5, 5.41) is 9.92. The first-order valence-corrected chi connectivity index (χ1v) is 15.4. The third-order valence-electron chi connectivity index (χ3n) is 8.98. The van der Waals surface area contributed by atoms with Crippen LogP contribution < -0.4 is 4.90 Å². The van der Waals surface area contributed by atoms with Crippen LogP contribution in [0.1, 0.15) is 45.7 Å². The van der Waals surface area contributed by atoms with E-state index in [1.54, 1.807) is 18.3 Å². The molecule has 236 valence electrons. The molecule has 0 bridgehead atoms. The number of aliphatic hydroxyl groups is 1. The van der Waals surface area contributed by atoms with Gasteiger partial charge in [0.15, 0.2) is 17.9 Å². The minimum absolute atomic E-state index is 0.350. The quantitative estimate of drug-likeness (QED) is 0.203. The highest BCUT2D eigenvalue weighted by atomic mass is 19.3. The van der Waals surface area contributed by atoms with E-state index < -0.39 is 12.2 Å². The van der Waals surface area contributed by atoms with Crippen LogP contribution in [0.15, 0.2) is 65.3 Å². The van der Waals surface area contributed by atoms with Gasteiger partial charge in [-0.05, 0) is 71.8 Å². The Morgan fingerprint density at radius 1 is 1.00 bits per heavy atom. The number of anilines is 2. The Labute approximate surface area is 267 Å². The number of alkyl halides is 2. The first-order chi connectivity index (χ1) is 22.9. The molecule has 2 aromatic carbocycles. The highest BCUT2D eigenvalue weighted by Crippen LogP contribution is 2.43. The summed E-state index contributed by atoms with van der Waals surface area (Å²) < 4.78 is 34.2. The van der Waals surface area contributed by atoms with Crippen LogP contribution in [-0.2, 0) is 13.0 Å². The van der Waals surface area contributed by atoms with Gasteiger partial charge in [-0.2, -0.15) is 0 Å². The van der Waals surface area contributed by atoms with Gasteiger partial charge in [0.2, 0.25) is 11.6 Å². The lowest BCUT2D eigenvalue weighted by Crippen LogP contribution is -2.21. The van der Waals surface area contributed by atoms with E-state index in [0.717, 1.165) is 51.9 Å². The van der Waals surface area contributed by atoms with E-state index >= 15 is 0 Å². The molecule has 0 amide bonds. The fourth-order valence-electron chi connectivity index (χ4n) is 6.73. The molecule has 1 N–H and O–H groups in total. The van der Waals surface area contributed by atoms with E-state index in [2.05, 4.69) is 35.9 Å². The van der Waals surface area contributed by atoms with Crippen LogP contribution in [0.25, 0.3) is 44.8 Å². The average molecular weight is 634 g/mol. The lowest BCUT2D eigenvalue weighted by Gasteiger charge is -2.21. The number of carbonyl (C=O) groups excluding carboxylic acids is 1. The largest absolute Gasteiger partial charge is 0.418 e. The standard InChI is InChI=1S/C35H29F2N7O3/c1-19-23(4-2-5-24(19)34-41-28-13-21(18-45)15-39-35(28)47-34)25-6-3-7-29-26(25)9-11-44(29)33-30-27(40-32(42-33)31(36)37)12-20(14-38-30)16-43-10-8-22(46)17-43/h2-7,12-15,18,22,31,46H,8-11,16-17H2,1H3/t22-/m1/s1. The van der Waals surface area contributed by atoms with Crippen molar-refractivity contribution in [2.45, 2.75) is 38.8 Å². The molecule has 1 atom stereocenters. The Morgan fingerprint density at radius 2 is 1.83 bits per heavy atom. The fourth-order valence-corrected chi connectivity index (χ4v) is 6.73. The predicted molar refractivity (Wildman–Crippen MR) is 172 cm³/mol. The van der Waals surface area contributed by atoms with E-state index in [9.17, 15) is 18.7 Å². The van der Waals surface area contributed by atoms with Crippen molar-refractivity contribution in [2.75, 3.05) is 24.5 Å². The zero-order valence-electron chi connectivity index (χ0n) is 25.4. The summed E-state index contributed by atoms with van der Waals surface area (Å²) in [5.41, 5.74) is 8.62. The Morgan fingerprint density at radius 3 is 2.64 bits per heavy atom. The predicted octanol–water partition coefficient (Wildman–Crippen LogP) is 6.21. The molecule has 0 unspecified atom stereocenters. The van der Waals surface area contributed by atoms with Gasteiger partial charge in [-0.25, -0.2) is 28.7 Å². The number of likely N-dealkylation sites (tertiary alicyclic amines) is 1. The molecule has 10 nitrogen and oxygen atoms in total. The molecule has 1 saturated heterocycles. The van der Waals surface area contributed by atoms with Crippen LogP contribution in [0.3, 0.4) is 0 Å². The molecule has 47 heavy (non-hydrogen) atoms. The molecule has 8 rings (SSSR count). The van der Waals surface area contributed by atoms with Gasteiger partial charge in [0.1, 0.15) is 11.0 Å². The highest BCUT2D eigenvalue weighted by molar-refractivity contribution is 5.92. The van der Waals surface area contributed by atoms with Gasteiger partial charge in [0.05, 0.1) is 11.6 Å². The number of aliphatic hydroxyl groups excluding tert-OH is 1. The summed E-state index contributed by atoms with van der Waals surface area (Å²) in [4.78, 5) is 37.4. The lowest BCUT2D eigenvalue weighted by molar-refractivity contribution is 0.112. The first-order valence-electron chi connectivity index (χ1n) is 15.4. The molecule has 0 radical (unpaired) electrons. The number of fused-ring (bicyclic) bond motifs is 3. The molecule has 0 saturated carbocycles. The Balaban J connectivity index is 1.18. The molecule has 6 aromatic rings. The molecule has 2 aliphatic rings. The summed E-state index contributed by atoms with van der Waals surface area (Å²) in [6, 6.07) is 15.4.